The summed E-state index contributed by atoms with van der Waals surface area (Å²) in [5, 5.41) is 32.9. The lowest BCUT2D eigenvalue weighted by molar-refractivity contribution is -0.385. The quantitative estimate of drug-likeness (QED) is 0.0653. The molecule has 2 aliphatic heterocycles. The van der Waals surface area contributed by atoms with E-state index in [2.05, 4.69) is 43.6 Å². The Bertz CT molecular complexity index is 1600. The van der Waals surface area contributed by atoms with Crippen LogP contribution < -0.4 is 14.2 Å². The van der Waals surface area contributed by atoms with E-state index in [0.717, 1.165) is 54.8 Å². The molecule has 0 bridgehead atoms. The first-order valence-corrected chi connectivity index (χ1v) is 22.9. The molecule has 0 spiro atoms. The molecule has 14 nitrogen and oxygen atoms in total. The molecular weight excluding hydrogens is 845 g/mol. The average Bonchev–Trinajstić information content (AvgIpc) is 3.85. The van der Waals surface area contributed by atoms with Crippen LogP contribution in [0.5, 0.6) is 23.0 Å². The fraction of sp³-hybridized carbons (Fsp3) is 0.600. The Kier molecular flexibility index (Phi) is 19.2. The highest BCUT2D eigenvalue weighted by Crippen LogP contribution is 2.41. The fourth-order valence-corrected chi connectivity index (χ4v) is 12.4. The van der Waals surface area contributed by atoms with E-state index >= 15 is 0 Å². The maximum absolute atomic E-state index is 13.3. The van der Waals surface area contributed by atoms with Crippen molar-refractivity contribution >= 4 is 86.2 Å². The topological polar surface area (TPSA) is 175 Å². The predicted octanol–water partition coefficient (Wildman–Crippen LogP) is 8.52. The minimum atomic E-state index is -0.642. The summed E-state index contributed by atoms with van der Waals surface area (Å²) in [6.45, 7) is 9.57. The van der Waals surface area contributed by atoms with Crippen LogP contribution in [0.25, 0.3) is 0 Å². The van der Waals surface area contributed by atoms with Crippen molar-refractivity contribution in [3.63, 3.8) is 0 Å². The number of carbonyl (C=O) groups excluding carboxylic acids is 2. The van der Waals surface area contributed by atoms with Crippen LogP contribution in [0, 0.1) is 20.2 Å². The number of ether oxygens (including phenoxy) is 3. The number of alkyl halides is 1. The number of benzene rings is 2. The molecule has 0 radical (unpaired) electrons. The highest BCUT2D eigenvalue weighted by Gasteiger charge is 2.39. The number of phenolic OH excluding ortho intramolecular Hbond substituents is 1. The summed E-state index contributed by atoms with van der Waals surface area (Å²) in [5.41, 5.74) is -0.514. The number of carbonyl (C=O) groups is 2. The minimum Gasteiger partial charge on any atom is -0.504 e. The SMILES string of the molecule is CCSC(SCC)[C@@H]1CCCN1C(=O)c1cc(OC)c(O)cc1[N+](=O)[O-].CCSC(SCC)[C@@H]1CCCN1C(=O)c1cc(OC)c(OCBr)cc1[N+](=O)[O-]. The molecule has 0 saturated carbocycles. The van der Waals surface area contributed by atoms with Crippen LogP contribution in [0.3, 0.4) is 0 Å². The van der Waals surface area contributed by atoms with Gasteiger partial charge in [0.15, 0.2) is 23.0 Å². The Morgan fingerprint density at radius 2 is 1.17 bits per heavy atom. The number of nitro benzene ring substituents is 2. The van der Waals surface area contributed by atoms with Crippen molar-refractivity contribution in [3.8, 4) is 23.0 Å². The van der Waals surface area contributed by atoms with Gasteiger partial charge in [0.05, 0.1) is 57.4 Å². The van der Waals surface area contributed by atoms with Crippen LogP contribution in [0.2, 0.25) is 0 Å². The number of nitrogens with zero attached hydrogens (tertiary/aromatic N) is 4. The van der Waals surface area contributed by atoms with Crippen LogP contribution >= 0.6 is 63.0 Å². The molecule has 19 heteroatoms. The maximum atomic E-state index is 13.3. The number of hydrogen-bond donors (Lipinski definition) is 1. The second-order valence-electron chi connectivity index (χ2n) is 11.8. The molecule has 1 N–H and O–H groups in total. The number of hydrogen-bond acceptors (Lipinski definition) is 14. The highest BCUT2D eigenvalue weighted by molar-refractivity contribution is 9.09. The van der Waals surface area contributed by atoms with Crippen LogP contribution in [0.4, 0.5) is 11.4 Å². The number of aromatic hydroxyl groups is 1. The maximum Gasteiger partial charge on any atom is 0.286 e. The monoisotopic (exact) mass is 892 g/mol. The lowest BCUT2D eigenvalue weighted by atomic mass is 10.1. The lowest BCUT2D eigenvalue weighted by Gasteiger charge is -2.31. The van der Waals surface area contributed by atoms with Crippen molar-refractivity contribution in [2.45, 2.75) is 74.6 Å². The van der Waals surface area contributed by atoms with Gasteiger partial charge < -0.3 is 29.1 Å². The van der Waals surface area contributed by atoms with E-state index < -0.39 is 15.5 Å². The molecular formula is C35H49BrN4O10S4. The first kappa shape index (κ1) is 45.6. The standard InChI is InChI=1S/C18H25BrN2O5S2.C17H24N2O5S2/c1-4-27-18(28-5-2)13-7-6-8-20(13)17(22)12-9-15(25-3)16(26-11-19)10-14(12)21(23)24;1-4-25-17(26-5-2)12-7-6-8-18(12)16(21)11-9-15(24-3)14(20)10-13(11)19(22)23/h9-10,13,18H,4-8,11H2,1-3H3;9-10,12,17,20H,4-8H2,1-3H3/t13-;12-/m00/s1. The van der Waals surface area contributed by atoms with Gasteiger partial charge in [-0.25, -0.2) is 0 Å². The molecule has 2 aromatic carbocycles. The fourth-order valence-electron chi connectivity index (χ4n) is 6.41. The molecule has 0 aromatic heterocycles. The number of methoxy groups -OCH3 is 2. The summed E-state index contributed by atoms with van der Waals surface area (Å²) < 4.78 is 16.2. The molecule has 2 atom stereocenters. The van der Waals surface area contributed by atoms with E-state index in [-0.39, 0.29) is 72.6 Å². The summed E-state index contributed by atoms with van der Waals surface area (Å²) in [6, 6.07) is 5.03. The van der Waals surface area contributed by atoms with E-state index in [1.807, 2.05) is 23.5 Å². The minimum absolute atomic E-state index is 0.0387. The molecule has 2 heterocycles. The smallest absolute Gasteiger partial charge is 0.286 e. The highest BCUT2D eigenvalue weighted by atomic mass is 79.9. The van der Waals surface area contributed by atoms with E-state index in [9.17, 15) is 34.9 Å². The third-order valence-electron chi connectivity index (χ3n) is 8.72. The summed E-state index contributed by atoms with van der Waals surface area (Å²) in [4.78, 5) is 51.8. The molecule has 2 amide bonds. The third-order valence-corrected chi connectivity index (χ3v) is 14.5. The Hall–Kier alpha value is -2.74. The summed E-state index contributed by atoms with van der Waals surface area (Å²) >= 11 is 10.4. The van der Waals surface area contributed by atoms with E-state index in [4.69, 9.17) is 14.2 Å². The molecule has 4 rings (SSSR count). The van der Waals surface area contributed by atoms with Gasteiger partial charge in [-0.05, 0) is 64.6 Å². The van der Waals surface area contributed by atoms with Crippen molar-refractivity contribution in [1.29, 1.82) is 0 Å². The van der Waals surface area contributed by atoms with Gasteiger partial charge in [-0.15, -0.1) is 47.0 Å². The Morgan fingerprint density at radius 1 is 0.759 bits per heavy atom. The van der Waals surface area contributed by atoms with E-state index in [1.165, 1.54) is 32.4 Å². The largest absolute Gasteiger partial charge is 0.504 e. The normalized spacial score (nSPS) is 16.7. The summed E-state index contributed by atoms with van der Waals surface area (Å²) in [5.74, 6) is 3.34. The molecule has 54 heavy (non-hydrogen) atoms. The van der Waals surface area contributed by atoms with E-state index in [0.29, 0.717) is 18.8 Å². The Labute approximate surface area is 342 Å². The third kappa shape index (κ3) is 11.4. The molecule has 2 saturated heterocycles. The molecule has 2 aliphatic rings. The number of likely N-dealkylation sites (tertiary alicyclic amines) is 2. The average molecular weight is 894 g/mol. The molecule has 300 valence electrons. The van der Waals surface area contributed by atoms with Crippen molar-refractivity contribution in [2.75, 3.05) is 55.8 Å². The first-order valence-electron chi connectivity index (χ1n) is 17.6. The first-order chi connectivity index (χ1) is 25.9. The van der Waals surface area contributed by atoms with Crippen molar-refractivity contribution in [3.05, 3.63) is 55.6 Å². The second-order valence-corrected chi connectivity index (χ2v) is 18.5. The molecule has 2 fully saturated rings. The number of thioether (sulfide) groups is 4. The number of phenols is 1. The zero-order valence-corrected chi connectivity index (χ0v) is 36.2. The number of nitro groups is 2. The van der Waals surface area contributed by atoms with Gasteiger partial charge in [0, 0.05) is 25.2 Å². The van der Waals surface area contributed by atoms with Gasteiger partial charge in [0.25, 0.3) is 23.2 Å². The number of amides is 2. The van der Waals surface area contributed by atoms with E-state index in [1.54, 1.807) is 33.3 Å². The summed E-state index contributed by atoms with van der Waals surface area (Å²) in [7, 11) is 2.79. The van der Waals surface area contributed by atoms with Gasteiger partial charge in [0.2, 0.25) is 0 Å². The molecule has 2 aromatic rings. The van der Waals surface area contributed by atoms with Crippen LogP contribution in [-0.4, -0.2) is 114 Å². The Morgan fingerprint density at radius 3 is 1.54 bits per heavy atom. The van der Waals surface area contributed by atoms with Gasteiger partial charge in [0.1, 0.15) is 16.6 Å². The van der Waals surface area contributed by atoms with Gasteiger partial charge >= 0.3 is 0 Å². The van der Waals surface area contributed by atoms with Crippen LogP contribution in [-0.2, 0) is 0 Å². The van der Waals surface area contributed by atoms with Crippen molar-refractivity contribution in [1.82, 2.24) is 9.80 Å². The van der Waals surface area contributed by atoms with Gasteiger partial charge in [-0.1, -0.05) is 27.7 Å². The van der Waals surface area contributed by atoms with Crippen LogP contribution in [0.1, 0.15) is 74.1 Å². The van der Waals surface area contributed by atoms with Crippen molar-refractivity contribution in [2.24, 2.45) is 0 Å². The zero-order chi connectivity index (χ0) is 39.9. The Balaban J connectivity index is 0.000000291. The van der Waals surface area contributed by atoms with Crippen LogP contribution in [0.15, 0.2) is 24.3 Å². The van der Waals surface area contributed by atoms with Gasteiger partial charge in [-0.3, -0.25) is 29.8 Å². The number of halogens is 1. The zero-order valence-electron chi connectivity index (χ0n) is 31.3. The molecule has 0 aliphatic carbocycles. The molecule has 0 unspecified atom stereocenters. The second kappa shape index (κ2) is 22.7. The predicted molar refractivity (Wildman–Crippen MR) is 224 cm³/mol. The number of rotatable bonds is 18. The van der Waals surface area contributed by atoms with Gasteiger partial charge in [-0.2, -0.15) is 0 Å². The summed E-state index contributed by atoms with van der Waals surface area (Å²) in [6.07, 6.45) is 3.58. The lowest BCUT2D eigenvalue weighted by Crippen LogP contribution is -2.41. The van der Waals surface area contributed by atoms with Crippen molar-refractivity contribution < 1.29 is 38.8 Å².